The number of benzene rings is 1. The highest BCUT2D eigenvalue weighted by Crippen LogP contribution is 2.20. The predicted molar refractivity (Wildman–Crippen MR) is 97.3 cm³/mol. The van der Waals surface area contributed by atoms with Gasteiger partial charge < -0.3 is 14.3 Å². The van der Waals surface area contributed by atoms with Gasteiger partial charge in [0.15, 0.2) is 0 Å². The van der Waals surface area contributed by atoms with Crippen LogP contribution in [0.3, 0.4) is 0 Å². The molecule has 0 spiro atoms. The molecule has 0 N–H and O–H groups in total. The quantitative estimate of drug-likeness (QED) is 0.799. The number of hydrogen-bond donors (Lipinski definition) is 0. The van der Waals surface area contributed by atoms with Crippen molar-refractivity contribution in [2.75, 3.05) is 13.1 Å². The van der Waals surface area contributed by atoms with Gasteiger partial charge >= 0.3 is 0 Å². The van der Waals surface area contributed by atoms with Crippen molar-refractivity contribution in [2.45, 2.75) is 45.7 Å². The van der Waals surface area contributed by atoms with Crippen LogP contribution in [0.15, 0.2) is 40.9 Å². The van der Waals surface area contributed by atoms with Gasteiger partial charge in [-0.1, -0.05) is 49.3 Å². The third-order valence-electron chi connectivity index (χ3n) is 4.77. The number of hydrogen-bond acceptors (Lipinski definition) is 4. The minimum Gasteiger partial charge on any atom is -0.361 e. The summed E-state index contributed by atoms with van der Waals surface area (Å²) in [4.78, 5) is 28.5. The SMILES string of the molecule is CC(C)c1cc(CN2C(=O)CN(CCc3ccccc3)C(=O)[C@@H]2C)no1. The van der Waals surface area contributed by atoms with Gasteiger partial charge in [-0.25, -0.2) is 0 Å². The minimum absolute atomic E-state index is 0.0203. The lowest BCUT2D eigenvalue weighted by molar-refractivity contribution is -0.155. The highest BCUT2D eigenvalue weighted by Gasteiger charge is 2.36. The lowest BCUT2D eigenvalue weighted by Gasteiger charge is -2.38. The molecule has 2 heterocycles. The Morgan fingerprint density at radius 1 is 1.23 bits per heavy atom. The molecule has 3 rings (SSSR count). The van der Waals surface area contributed by atoms with Crippen LogP contribution < -0.4 is 0 Å². The molecule has 1 aromatic heterocycles. The van der Waals surface area contributed by atoms with Crippen LogP contribution in [0, 0.1) is 0 Å². The standard InChI is InChI=1S/C20H25N3O3/c1-14(2)18-11-17(21-26-18)12-23-15(3)20(25)22(13-19(23)24)10-9-16-7-5-4-6-8-16/h4-8,11,14-15H,9-10,12-13H2,1-3H3/t15-/m0/s1. The van der Waals surface area contributed by atoms with Gasteiger partial charge in [0.1, 0.15) is 17.5 Å². The number of rotatable bonds is 6. The molecule has 1 saturated heterocycles. The Labute approximate surface area is 153 Å². The molecule has 0 saturated carbocycles. The van der Waals surface area contributed by atoms with Crippen molar-refractivity contribution in [3.8, 4) is 0 Å². The van der Waals surface area contributed by atoms with Crippen LogP contribution in [0.4, 0.5) is 0 Å². The fraction of sp³-hybridized carbons (Fsp3) is 0.450. The van der Waals surface area contributed by atoms with Crippen molar-refractivity contribution in [1.82, 2.24) is 15.0 Å². The molecule has 0 bridgehead atoms. The van der Waals surface area contributed by atoms with Crippen LogP contribution >= 0.6 is 0 Å². The molecule has 6 heteroatoms. The summed E-state index contributed by atoms with van der Waals surface area (Å²) in [5, 5.41) is 4.03. The summed E-state index contributed by atoms with van der Waals surface area (Å²) in [5.41, 5.74) is 1.84. The second kappa shape index (κ2) is 7.72. The molecule has 1 aromatic carbocycles. The van der Waals surface area contributed by atoms with E-state index in [4.69, 9.17) is 4.52 Å². The summed E-state index contributed by atoms with van der Waals surface area (Å²) in [5.74, 6) is 0.945. The summed E-state index contributed by atoms with van der Waals surface area (Å²) in [7, 11) is 0. The molecule has 26 heavy (non-hydrogen) atoms. The molecule has 1 fully saturated rings. The largest absolute Gasteiger partial charge is 0.361 e. The van der Waals surface area contributed by atoms with Gasteiger partial charge in [-0.3, -0.25) is 9.59 Å². The summed E-state index contributed by atoms with van der Waals surface area (Å²) in [6, 6.07) is 11.3. The number of piperazine rings is 1. The Morgan fingerprint density at radius 3 is 2.62 bits per heavy atom. The minimum atomic E-state index is -0.494. The van der Waals surface area contributed by atoms with Crippen LogP contribution in [0.1, 0.15) is 43.7 Å². The molecule has 2 amide bonds. The topological polar surface area (TPSA) is 66.7 Å². The van der Waals surface area contributed by atoms with Crippen molar-refractivity contribution >= 4 is 11.8 Å². The molecule has 6 nitrogen and oxygen atoms in total. The fourth-order valence-corrected chi connectivity index (χ4v) is 3.12. The van der Waals surface area contributed by atoms with Gasteiger partial charge in [0.25, 0.3) is 0 Å². The zero-order valence-electron chi connectivity index (χ0n) is 15.5. The Hall–Kier alpha value is -2.63. The Balaban J connectivity index is 1.63. The van der Waals surface area contributed by atoms with Gasteiger partial charge in [0.05, 0.1) is 13.1 Å². The number of nitrogens with zero attached hydrogens (tertiary/aromatic N) is 3. The van der Waals surface area contributed by atoms with E-state index < -0.39 is 6.04 Å². The van der Waals surface area contributed by atoms with E-state index in [-0.39, 0.29) is 24.3 Å². The zero-order chi connectivity index (χ0) is 18.7. The first-order valence-corrected chi connectivity index (χ1v) is 9.03. The van der Waals surface area contributed by atoms with E-state index in [0.29, 0.717) is 18.8 Å². The van der Waals surface area contributed by atoms with Crippen LogP contribution in [0.25, 0.3) is 0 Å². The van der Waals surface area contributed by atoms with Gasteiger partial charge in [0, 0.05) is 18.5 Å². The molecule has 0 unspecified atom stereocenters. The Morgan fingerprint density at radius 2 is 1.96 bits per heavy atom. The fourth-order valence-electron chi connectivity index (χ4n) is 3.12. The maximum absolute atomic E-state index is 12.7. The van der Waals surface area contributed by atoms with Gasteiger partial charge in [-0.15, -0.1) is 0 Å². The average molecular weight is 355 g/mol. The van der Waals surface area contributed by atoms with Crippen LogP contribution in [0.2, 0.25) is 0 Å². The molecule has 2 aromatic rings. The van der Waals surface area contributed by atoms with E-state index in [0.717, 1.165) is 17.7 Å². The van der Waals surface area contributed by atoms with E-state index in [9.17, 15) is 9.59 Å². The maximum atomic E-state index is 12.7. The second-order valence-electron chi connectivity index (χ2n) is 7.07. The van der Waals surface area contributed by atoms with Crippen LogP contribution in [-0.4, -0.2) is 45.9 Å². The first-order valence-electron chi connectivity index (χ1n) is 9.03. The Bertz CT molecular complexity index is 770. The number of amides is 2. The van der Waals surface area contributed by atoms with Crippen molar-refractivity contribution < 1.29 is 14.1 Å². The van der Waals surface area contributed by atoms with E-state index >= 15 is 0 Å². The molecule has 1 aliphatic rings. The molecule has 0 radical (unpaired) electrons. The third-order valence-corrected chi connectivity index (χ3v) is 4.77. The number of aromatic nitrogens is 1. The van der Waals surface area contributed by atoms with Crippen LogP contribution in [0.5, 0.6) is 0 Å². The van der Waals surface area contributed by atoms with Crippen molar-refractivity contribution in [1.29, 1.82) is 0 Å². The van der Waals surface area contributed by atoms with Gasteiger partial charge in [-0.05, 0) is 18.9 Å². The average Bonchev–Trinajstić information content (AvgIpc) is 3.10. The van der Waals surface area contributed by atoms with Gasteiger partial charge in [-0.2, -0.15) is 0 Å². The summed E-state index contributed by atoms with van der Waals surface area (Å²) < 4.78 is 5.29. The maximum Gasteiger partial charge on any atom is 0.245 e. The second-order valence-corrected chi connectivity index (χ2v) is 7.07. The molecule has 138 valence electrons. The Kier molecular flexibility index (Phi) is 5.40. The molecule has 1 aliphatic heterocycles. The number of carbonyl (C=O) groups is 2. The van der Waals surface area contributed by atoms with E-state index in [1.54, 1.807) is 16.7 Å². The lowest BCUT2D eigenvalue weighted by Crippen LogP contribution is -2.58. The molecular weight excluding hydrogens is 330 g/mol. The first-order chi connectivity index (χ1) is 12.5. The van der Waals surface area contributed by atoms with Gasteiger partial charge in [0.2, 0.25) is 11.8 Å². The number of carbonyl (C=O) groups excluding carboxylic acids is 2. The highest BCUT2D eigenvalue weighted by atomic mass is 16.5. The van der Waals surface area contributed by atoms with Crippen molar-refractivity contribution in [3.63, 3.8) is 0 Å². The van der Waals surface area contributed by atoms with E-state index in [2.05, 4.69) is 5.16 Å². The van der Waals surface area contributed by atoms with Crippen molar-refractivity contribution in [3.05, 3.63) is 53.4 Å². The predicted octanol–water partition coefficient (Wildman–Crippen LogP) is 2.60. The van der Waals surface area contributed by atoms with E-state index in [1.807, 2.05) is 50.2 Å². The molecule has 1 atom stereocenters. The first kappa shape index (κ1) is 18.2. The molecule has 0 aliphatic carbocycles. The van der Waals surface area contributed by atoms with E-state index in [1.165, 1.54) is 0 Å². The zero-order valence-corrected chi connectivity index (χ0v) is 15.5. The summed E-state index contributed by atoms with van der Waals surface area (Å²) in [6.07, 6.45) is 0.744. The lowest BCUT2D eigenvalue weighted by atomic mass is 10.1. The summed E-state index contributed by atoms with van der Waals surface area (Å²) in [6.45, 7) is 6.78. The van der Waals surface area contributed by atoms with Crippen LogP contribution in [-0.2, 0) is 22.6 Å². The highest BCUT2D eigenvalue weighted by molar-refractivity contribution is 5.94. The smallest absolute Gasteiger partial charge is 0.245 e. The summed E-state index contributed by atoms with van der Waals surface area (Å²) >= 11 is 0. The van der Waals surface area contributed by atoms with Crippen molar-refractivity contribution in [2.24, 2.45) is 0 Å². The molecular formula is C20H25N3O3. The normalized spacial score (nSPS) is 18.1. The monoisotopic (exact) mass is 355 g/mol. The third kappa shape index (κ3) is 3.95.